The second-order valence-electron chi connectivity index (χ2n) is 5.78. The topological polar surface area (TPSA) is 52.0 Å². The van der Waals surface area contributed by atoms with Crippen molar-refractivity contribution in [3.63, 3.8) is 0 Å². The number of aryl methyl sites for hydroxylation is 1. The molecule has 1 unspecified atom stereocenters. The zero-order chi connectivity index (χ0) is 13.5. The Morgan fingerprint density at radius 3 is 3.11 bits per heavy atom. The van der Waals surface area contributed by atoms with Gasteiger partial charge in [0.15, 0.2) is 5.65 Å². The monoisotopic (exact) mass is 260 g/mol. The number of nitrogens with zero attached hydrogens (tertiary/aromatic N) is 3. The van der Waals surface area contributed by atoms with Gasteiger partial charge in [-0.3, -0.25) is 4.68 Å². The van der Waals surface area contributed by atoms with Crippen LogP contribution in [0.2, 0.25) is 0 Å². The molecule has 1 aliphatic rings. The molecule has 19 heavy (non-hydrogen) atoms. The van der Waals surface area contributed by atoms with Gasteiger partial charge in [0, 0.05) is 25.5 Å². The van der Waals surface area contributed by atoms with Crippen LogP contribution >= 0.6 is 0 Å². The Morgan fingerprint density at radius 1 is 1.53 bits per heavy atom. The molecule has 3 heterocycles. The van der Waals surface area contributed by atoms with E-state index in [0.29, 0.717) is 0 Å². The lowest BCUT2D eigenvalue weighted by Crippen LogP contribution is -2.24. The van der Waals surface area contributed by atoms with Crippen molar-refractivity contribution in [2.45, 2.75) is 38.4 Å². The molecule has 102 valence electrons. The minimum atomic E-state index is 0.0220. The Hall–Kier alpha value is -1.62. The molecule has 1 N–H and O–H groups in total. The summed E-state index contributed by atoms with van der Waals surface area (Å²) in [5.74, 6) is 0. The van der Waals surface area contributed by atoms with Gasteiger partial charge in [0.1, 0.15) is 0 Å². The van der Waals surface area contributed by atoms with E-state index in [1.807, 2.05) is 25.5 Å². The maximum atomic E-state index is 5.99. The minimum absolute atomic E-state index is 0.0220. The summed E-state index contributed by atoms with van der Waals surface area (Å²) in [5.41, 5.74) is 2.00. The van der Waals surface area contributed by atoms with Crippen LogP contribution in [0.3, 0.4) is 0 Å². The molecule has 5 nitrogen and oxygen atoms in total. The maximum absolute atomic E-state index is 5.99. The third-order valence-corrected chi connectivity index (χ3v) is 3.71. The first kappa shape index (κ1) is 12.4. The van der Waals surface area contributed by atoms with Crippen LogP contribution in [-0.4, -0.2) is 33.0 Å². The fourth-order valence-corrected chi connectivity index (χ4v) is 2.65. The molecule has 0 spiro atoms. The lowest BCUT2D eigenvalue weighted by molar-refractivity contribution is -0.00909. The van der Waals surface area contributed by atoms with Crippen molar-refractivity contribution >= 4 is 16.7 Å². The van der Waals surface area contributed by atoms with Crippen molar-refractivity contribution in [2.24, 2.45) is 7.05 Å². The Bertz CT molecular complexity index is 590. The maximum Gasteiger partial charge on any atom is 0.159 e. The summed E-state index contributed by atoms with van der Waals surface area (Å²) in [4.78, 5) is 4.33. The third-order valence-electron chi connectivity index (χ3n) is 3.71. The summed E-state index contributed by atoms with van der Waals surface area (Å²) in [6, 6.07) is 1.99. The molecule has 1 aliphatic heterocycles. The number of ether oxygens (including phenoxy) is 1. The van der Waals surface area contributed by atoms with Crippen LogP contribution in [-0.2, 0) is 11.8 Å². The van der Waals surface area contributed by atoms with Crippen molar-refractivity contribution < 1.29 is 4.74 Å². The predicted octanol–water partition coefficient (Wildman–Crippen LogP) is 2.34. The zero-order valence-corrected chi connectivity index (χ0v) is 11.7. The highest BCUT2D eigenvalue weighted by Crippen LogP contribution is 2.30. The summed E-state index contributed by atoms with van der Waals surface area (Å²) >= 11 is 0. The van der Waals surface area contributed by atoms with E-state index in [1.54, 1.807) is 4.68 Å². The molecule has 2 aromatic rings. The normalized spacial score (nSPS) is 21.9. The largest absolute Gasteiger partial charge is 0.382 e. The molecular weight excluding hydrogens is 240 g/mol. The van der Waals surface area contributed by atoms with Crippen LogP contribution in [0.15, 0.2) is 18.5 Å². The first-order chi connectivity index (χ1) is 9.05. The Kier molecular flexibility index (Phi) is 2.93. The summed E-state index contributed by atoms with van der Waals surface area (Å²) in [5, 5.41) is 8.76. The molecular formula is C14H20N4O. The second-order valence-corrected chi connectivity index (χ2v) is 5.78. The number of anilines is 1. The summed E-state index contributed by atoms with van der Waals surface area (Å²) in [6.07, 6.45) is 6.18. The van der Waals surface area contributed by atoms with E-state index in [9.17, 15) is 0 Å². The van der Waals surface area contributed by atoms with Gasteiger partial charge in [-0.15, -0.1) is 0 Å². The molecule has 0 amide bonds. The van der Waals surface area contributed by atoms with E-state index in [-0.39, 0.29) is 11.7 Å². The molecule has 5 heteroatoms. The van der Waals surface area contributed by atoms with E-state index in [0.717, 1.165) is 36.1 Å². The van der Waals surface area contributed by atoms with E-state index in [2.05, 4.69) is 29.2 Å². The van der Waals surface area contributed by atoms with Crippen molar-refractivity contribution in [3.05, 3.63) is 18.5 Å². The van der Waals surface area contributed by atoms with Gasteiger partial charge in [-0.05, 0) is 32.8 Å². The average Bonchev–Trinajstić information content (AvgIpc) is 2.91. The minimum Gasteiger partial charge on any atom is -0.382 e. The number of nitrogens with one attached hydrogen (secondary N) is 1. The number of hydrogen-bond donors (Lipinski definition) is 1. The number of aromatic nitrogens is 3. The van der Waals surface area contributed by atoms with Crippen LogP contribution in [0.1, 0.15) is 26.7 Å². The Balaban J connectivity index is 1.72. The molecule has 2 aromatic heterocycles. The SMILES string of the molecule is Cn1ncc2c(NCC3CCC(C)(C)O3)ccnc21. The molecule has 0 aliphatic carbocycles. The van der Waals surface area contributed by atoms with Gasteiger partial charge in [-0.2, -0.15) is 5.10 Å². The average molecular weight is 260 g/mol. The molecule has 1 saturated heterocycles. The molecule has 1 fully saturated rings. The van der Waals surface area contributed by atoms with Gasteiger partial charge < -0.3 is 10.1 Å². The zero-order valence-electron chi connectivity index (χ0n) is 11.7. The van der Waals surface area contributed by atoms with Crippen molar-refractivity contribution in [3.8, 4) is 0 Å². The Labute approximate surface area is 113 Å². The highest BCUT2D eigenvalue weighted by Gasteiger charge is 2.31. The highest BCUT2D eigenvalue weighted by molar-refractivity contribution is 5.88. The van der Waals surface area contributed by atoms with Crippen LogP contribution in [0.4, 0.5) is 5.69 Å². The van der Waals surface area contributed by atoms with Gasteiger partial charge >= 0.3 is 0 Å². The van der Waals surface area contributed by atoms with Gasteiger partial charge in [0.2, 0.25) is 0 Å². The second kappa shape index (κ2) is 4.49. The van der Waals surface area contributed by atoms with E-state index in [4.69, 9.17) is 4.74 Å². The lowest BCUT2D eigenvalue weighted by atomic mass is 10.1. The lowest BCUT2D eigenvalue weighted by Gasteiger charge is -2.19. The van der Waals surface area contributed by atoms with Crippen LogP contribution in [0.25, 0.3) is 11.0 Å². The molecule has 0 radical (unpaired) electrons. The number of rotatable bonds is 3. The molecule has 0 aromatic carbocycles. The van der Waals surface area contributed by atoms with Crippen LogP contribution in [0, 0.1) is 0 Å². The molecule has 3 rings (SSSR count). The van der Waals surface area contributed by atoms with Gasteiger partial charge in [-0.25, -0.2) is 4.98 Å². The summed E-state index contributed by atoms with van der Waals surface area (Å²) < 4.78 is 7.78. The molecule has 1 atom stereocenters. The highest BCUT2D eigenvalue weighted by atomic mass is 16.5. The van der Waals surface area contributed by atoms with Crippen molar-refractivity contribution in [2.75, 3.05) is 11.9 Å². The van der Waals surface area contributed by atoms with Crippen molar-refractivity contribution in [1.82, 2.24) is 14.8 Å². The summed E-state index contributed by atoms with van der Waals surface area (Å²) in [6.45, 7) is 5.13. The van der Waals surface area contributed by atoms with E-state index < -0.39 is 0 Å². The van der Waals surface area contributed by atoms with Crippen molar-refractivity contribution in [1.29, 1.82) is 0 Å². The Morgan fingerprint density at radius 2 is 2.37 bits per heavy atom. The fraction of sp³-hybridized carbons (Fsp3) is 0.571. The first-order valence-electron chi connectivity index (χ1n) is 6.73. The number of fused-ring (bicyclic) bond motifs is 1. The third kappa shape index (κ3) is 2.42. The van der Waals surface area contributed by atoms with Gasteiger partial charge in [0.05, 0.1) is 23.3 Å². The first-order valence-corrected chi connectivity index (χ1v) is 6.73. The molecule has 0 saturated carbocycles. The van der Waals surface area contributed by atoms with E-state index in [1.165, 1.54) is 0 Å². The predicted molar refractivity (Wildman–Crippen MR) is 75.2 cm³/mol. The van der Waals surface area contributed by atoms with E-state index >= 15 is 0 Å². The standard InChI is InChI=1S/C14H20N4O/c1-14(2)6-4-10(19-14)8-16-12-5-7-15-13-11(12)9-17-18(13)3/h5,7,9-10H,4,6,8H2,1-3H3,(H,15,16). The molecule has 0 bridgehead atoms. The fourth-order valence-electron chi connectivity index (χ4n) is 2.65. The van der Waals surface area contributed by atoms with Gasteiger partial charge in [-0.1, -0.05) is 0 Å². The van der Waals surface area contributed by atoms with Gasteiger partial charge in [0.25, 0.3) is 0 Å². The smallest absolute Gasteiger partial charge is 0.159 e. The summed E-state index contributed by atoms with van der Waals surface area (Å²) in [7, 11) is 1.90. The van der Waals surface area contributed by atoms with Crippen LogP contribution in [0.5, 0.6) is 0 Å². The number of pyridine rings is 1. The number of hydrogen-bond acceptors (Lipinski definition) is 4. The quantitative estimate of drug-likeness (QED) is 0.920. The van der Waals surface area contributed by atoms with Crippen LogP contribution < -0.4 is 5.32 Å².